The lowest BCUT2D eigenvalue weighted by molar-refractivity contribution is -0.120. The zero-order chi connectivity index (χ0) is 12.5. The average molecular weight is 235 g/mol. The summed E-state index contributed by atoms with van der Waals surface area (Å²) in [6, 6.07) is 5.95. The van der Waals surface area contributed by atoms with Gasteiger partial charge in [0, 0.05) is 31.7 Å². The highest BCUT2D eigenvalue weighted by Gasteiger charge is 1.99. The van der Waals surface area contributed by atoms with Gasteiger partial charge < -0.3 is 10.6 Å². The molecule has 1 aromatic heterocycles. The van der Waals surface area contributed by atoms with E-state index in [0.29, 0.717) is 19.5 Å². The van der Waals surface area contributed by atoms with Gasteiger partial charge in [-0.2, -0.15) is 0 Å². The smallest absolute Gasteiger partial charge is 0.221 e. The second-order valence-corrected chi connectivity index (χ2v) is 4.05. The van der Waals surface area contributed by atoms with Crippen LogP contribution >= 0.6 is 0 Å². The molecule has 1 rings (SSSR count). The van der Waals surface area contributed by atoms with Crippen LogP contribution < -0.4 is 10.6 Å². The highest BCUT2D eigenvalue weighted by atomic mass is 16.1. The molecular weight excluding hydrogens is 214 g/mol. The van der Waals surface area contributed by atoms with Gasteiger partial charge in [0.1, 0.15) is 0 Å². The van der Waals surface area contributed by atoms with Crippen LogP contribution in [0.2, 0.25) is 0 Å². The van der Waals surface area contributed by atoms with Crippen molar-refractivity contribution in [3.05, 3.63) is 29.6 Å². The molecule has 0 atom stereocenters. The van der Waals surface area contributed by atoms with Crippen molar-refractivity contribution < 1.29 is 4.79 Å². The van der Waals surface area contributed by atoms with Crippen LogP contribution in [0, 0.1) is 6.92 Å². The number of carbonyl (C=O) groups excluding carboxylic acids is 1. The maximum atomic E-state index is 11.3. The highest BCUT2D eigenvalue weighted by Crippen LogP contribution is 1.97. The Morgan fingerprint density at radius 3 is 2.88 bits per heavy atom. The maximum absolute atomic E-state index is 11.3. The van der Waals surface area contributed by atoms with Crippen molar-refractivity contribution >= 4 is 5.91 Å². The van der Waals surface area contributed by atoms with Gasteiger partial charge >= 0.3 is 0 Å². The molecule has 0 aliphatic carbocycles. The zero-order valence-corrected chi connectivity index (χ0v) is 10.6. The maximum Gasteiger partial charge on any atom is 0.221 e. The lowest BCUT2D eigenvalue weighted by Gasteiger charge is -2.05. The van der Waals surface area contributed by atoms with E-state index < -0.39 is 0 Å². The van der Waals surface area contributed by atoms with Crippen LogP contribution in [0.25, 0.3) is 0 Å². The minimum atomic E-state index is 0.108. The van der Waals surface area contributed by atoms with Crippen LogP contribution in [0.4, 0.5) is 0 Å². The van der Waals surface area contributed by atoms with E-state index in [1.807, 2.05) is 32.0 Å². The normalized spacial score (nSPS) is 10.2. The summed E-state index contributed by atoms with van der Waals surface area (Å²) in [5, 5.41) is 6.06. The van der Waals surface area contributed by atoms with Crippen molar-refractivity contribution in [2.45, 2.75) is 33.2 Å². The molecule has 4 nitrogen and oxygen atoms in total. The van der Waals surface area contributed by atoms with Crippen molar-refractivity contribution in [3.63, 3.8) is 0 Å². The summed E-state index contributed by atoms with van der Waals surface area (Å²) in [4.78, 5) is 15.7. The molecule has 0 aliphatic rings. The summed E-state index contributed by atoms with van der Waals surface area (Å²) >= 11 is 0. The first kappa shape index (κ1) is 13.6. The van der Waals surface area contributed by atoms with E-state index in [4.69, 9.17) is 0 Å². The molecule has 0 fully saturated rings. The molecular formula is C13H21N3O. The number of nitrogens with one attached hydrogen (secondary N) is 2. The summed E-state index contributed by atoms with van der Waals surface area (Å²) in [6.07, 6.45) is 1.50. The Kier molecular flexibility index (Phi) is 6.25. The molecule has 0 saturated carbocycles. The molecule has 1 heterocycles. The van der Waals surface area contributed by atoms with E-state index in [-0.39, 0.29) is 5.91 Å². The number of aryl methyl sites for hydroxylation is 1. The number of aromatic nitrogens is 1. The van der Waals surface area contributed by atoms with Gasteiger partial charge in [-0.25, -0.2) is 0 Å². The summed E-state index contributed by atoms with van der Waals surface area (Å²) in [5.74, 6) is 0.108. The number of nitrogens with zero attached hydrogens (tertiary/aromatic N) is 1. The van der Waals surface area contributed by atoms with Gasteiger partial charge in [-0.15, -0.1) is 0 Å². The highest BCUT2D eigenvalue weighted by molar-refractivity contribution is 5.75. The Hall–Kier alpha value is -1.42. The van der Waals surface area contributed by atoms with Gasteiger partial charge in [0.2, 0.25) is 5.91 Å². The number of rotatable bonds is 7. The third-order valence-corrected chi connectivity index (χ3v) is 2.35. The number of hydrogen-bond acceptors (Lipinski definition) is 3. The molecule has 0 unspecified atom stereocenters. The van der Waals surface area contributed by atoms with Crippen molar-refractivity contribution in [1.82, 2.24) is 15.6 Å². The number of hydrogen-bond donors (Lipinski definition) is 2. The molecule has 1 aromatic rings. The largest absolute Gasteiger partial charge is 0.356 e. The first-order chi connectivity index (χ1) is 8.22. The Morgan fingerprint density at radius 1 is 1.35 bits per heavy atom. The standard InChI is InChI=1S/C13H21N3O/c1-3-8-15-13(17)7-9-14-10-12-6-4-5-11(2)16-12/h4-6,14H,3,7-10H2,1-2H3,(H,15,17). The predicted molar refractivity (Wildman–Crippen MR) is 68.6 cm³/mol. The quantitative estimate of drug-likeness (QED) is 0.702. The monoisotopic (exact) mass is 235 g/mol. The molecule has 2 N–H and O–H groups in total. The molecule has 0 aliphatic heterocycles. The predicted octanol–water partition coefficient (Wildman–Crippen LogP) is 1.40. The molecule has 0 spiro atoms. The third kappa shape index (κ3) is 6.02. The van der Waals surface area contributed by atoms with E-state index in [1.54, 1.807) is 0 Å². The van der Waals surface area contributed by atoms with Gasteiger partial charge in [0.15, 0.2) is 0 Å². The first-order valence-electron chi connectivity index (χ1n) is 6.12. The summed E-state index contributed by atoms with van der Waals surface area (Å²) in [6.45, 7) is 6.18. The van der Waals surface area contributed by atoms with Gasteiger partial charge in [-0.05, 0) is 25.5 Å². The minimum Gasteiger partial charge on any atom is -0.356 e. The molecule has 94 valence electrons. The SMILES string of the molecule is CCCNC(=O)CCNCc1cccc(C)n1. The molecule has 0 saturated heterocycles. The summed E-state index contributed by atoms with van der Waals surface area (Å²) in [7, 11) is 0. The topological polar surface area (TPSA) is 54.0 Å². The molecule has 0 aromatic carbocycles. The second-order valence-electron chi connectivity index (χ2n) is 4.05. The Bertz CT molecular complexity index is 352. The van der Waals surface area contributed by atoms with E-state index in [2.05, 4.69) is 15.6 Å². The summed E-state index contributed by atoms with van der Waals surface area (Å²) in [5.41, 5.74) is 2.03. The van der Waals surface area contributed by atoms with Crippen molar-refractivity contribution in [1.29, 1.82) is 0 Å². The van der Waals surface area contributed by atoms with Crippen LogP contribution in [-0.2, 0) is 11.3 Å². The first-order valence-corrected chi connectivity index (χ1v) is 6.12. The van der Waals surface area contributed by atoms with Crippen molar-refractivity contribution in [2.24, 2.45) is 0 Å². The van der Waals surface area contributed by atoms with E-state index >= 15 is 0 Å². The lowest BCUT2D eigenvalue weighted by Crippen LogP contribution is -2.28. The Morgan fingerprint density at radius 2 is 2.18 bits per heavy atom. The number of amides is 1. The Labute approximate surface area is 103 Å². The van der Waals surface area contributed by atoms with E-state index in [1.165, 1.54) is 0 Å². The fraction of sp³-hybridized carbons (Fsp3) is 0.538. The van der Waals surface area contributed by atoms with Crippen LogP contribution in [-0.4, -0.2) is 24.0 Å². The van der Waals surface area contributed by atoms with Crippen LogP contribution in [0.1, 0.15) is 31.2 Å². The third-order valence-electron chi connectivity index (χ3n) is 2.35. The van der Waals surface area contributed by atoms with Gasteiger partial charge in [0.25, 0.3) is 0 Å². The fourth-order valence-corrected chi connectivity index (χ4v) is 1.47. The molecule has 1 amide bonds. The average Bonchev–Trinajstić information content (AvgIpc) is 2.32. The van der Waals surface area contributed by atoms with Crippen LogP contribution in [0.15, 0.2) is 18.2 Å². The second kappa shape index (κ2) is 7.79. The van der Waals surface area contributed by atoms with Gasteiger partial charge in [-0.3, -0.25) is 9.78 Å². The van der Waals surface area contributed by atoms with Gasteiger partial charge in [0.05, 0.1) is 5.69 Å². The lowest BCUT2D eigenvalue weighted by atomic mass is 10.3. The fourth-order valence-electron chi connectivity index (χ4n) is 1.47. The van der Waals surface area contributed by atoms with Gasteiger partial charge in [-0.1, -0.05) is 13.0 Å². The zero-order valence-electron chi connectivity index (χ0n) is 10.6. The Balaban J connectivity index is 2.14. The minimum absolute atomic E-state index is 0.108. The molecule has 17 heavy (non-hydrogen) atoms. The number of pyridine rings is 1. The van der Waals surface area contributed by atoms with E-state index in [0.717, 1.165) is 24.4 Å². The molecule has 0 bridgehead atoms. The molecule has 4 heteroatoms. The number of carbonyl (C=O) groups is 1. The van der Waals surface area contributed by atoms with E-state index in [9.17, 15) is 4.79 Å². The van der Waals surface area contributed by atoms with Crippen molar-refractivity contribution in [3.8, 4) is 0 Å². The molecule has 0 radical (unpaired) electrons. The van der Waals surface area contributed by atoms with Crippen LogP contribution in [0.3, 0.4) is 0 Å². The summed E-state index contributed by atoms with van der Waals surface area (Å²) < 4.78 is 0. The van der Waals surface area contributed by atoms with Crippen molar-refractivity contribution in [2.75, 3.05) is 13.1 Å². The van der Waals surface area contributed by atoms with Crippen LogP contribution in [0.5, 0.6) is 0 Å².